The highest BCUT2D eigenvalue weighted by Crippen LogP contribution is 2.78. The van der Waals surface area contributed by atoms with Gasteiger partial charge in [0.1, 0.15) is 0 Å². The Morgan fingerprint density at radius 2 is 1.67 bits per heavy atom. The molecule has 4 fully saturated rings. The Morgan fingerprint density at radius 1 is 1.00 bits per heavy atom. The number of hydrogen-bond donors (Lipinski definition) is 1. The first-order valence-electron chi connectivity index (χ1n) is 13.0. The Bertz CT molecular complexity index is 1150. The van der Waals surface area contributed by atoms with E-state index in [1.807, 2.05) is 28.8 Å². The zero-order valence-corrected chi connectivity index (χ0v) is 19.6. The van der Waals surface area contributed by atoms with Crippen molar-refractivity contribution in [3.8, 4) is 0 Å². The highest BCUT2D eigenvalue weighted by molar-refractivity contribution is 5.88. The molecule has 1 aliphatic heterocycles. The molecule has 1 N–H and O–H groups in total. The number of aromatic carboxylic acids is 1. The van der Waals surface area contributed by atoms with Crippen molar-refractivity contribution in [1.82, 2.24) is 14.5 Å². The third-order valence-electron chi connectivity index (χ3n) is 9.85. The molecule has 1 unspecified atom stereocenters. The van der Waals surface area contributed by atoms with Gasteiger partial charge in [-0.05, 0) is 51.2 Å². The van der Waals surface area contributed by atoms with Crippen LogP contribution in [-0.2, 0) is 0 Å². The van der Waals surface area contributed by atoms with Crippen molar-refractivity contribution in [2.45, 2.75) is 108 Å². The second-order valence-corrected chi connectivity index (χ2v) is 11.1. The largest absolute Gasteiger partial charge is 0.476 e. The lowest BCUT2D eigenvalue weighted by molar-refractivity contribution is -0.360. The highest BCUT2D eigenvalue weighted by Gasteiger charge is 2.82. The van der Waals surface area contributed by atoms with Crippen LogP contribution < -0.4 is 5.56 Å². The average molecular weight is 450 g/mol. The number of piperidine rings is 2. The molecule has 4 aliphatic rings. The molecule has 2 aromatic rings. The van der Waals surface area contributed by atoms with Crippen molar-refractivity contribution in [1.29, 1.82) is 0 Å². The van der Waals surface area contributed by atoms with Gasteiger partial charge in [-0.25, -0.2) is 9.78 Å². The van der Waals surface area contributed by atoms with E-state index in [1.165, 1.54) is 64.2 Å². The van der Waals surface area contributed by atoms with Crippen molar-refractivity contribution in [2.75, 3.05) is 0 Å². The molecule has 0 bridgehead atoms. The third-order valence-corrected chi connectivity index (χ3v) is 9.85. The Morgan fingerprint density at radius 3 is 2.27 bits per heavy atom. The van der Waals surface area contributed by atoms with Crippen LogP contribution in [0.4, 0.5) is 0 Å². The van der Waals surface area contributed by atoms with Crippen molar-refractivity contribution < 1.29 is 9.90 Å². The molecular weight excluding hydrogens is 414 g/mol. The molecule has 6 nitrogen and oxygen atoms in total. The topological polar surface area (TPSA) is 75.4 Å². The second-order valence-electron chi connectivity index (χ2n) is 11.1. The van der Waals surface area contributed by atoms with E-state index < -0.39 is 11.5 Å². The molecule has 2 heterocycles. The summed E-state index contributed by atoms with van der Waals surface area (Å²) in [6.07, 6.45) is 15.4. The summed E-state index contributed by atoms with van der Waals surface area (Å²) >= 11 is 0. The van der Waals surface area contributed by atoms with E-state index in [4.69, 9.17) is 0 Å². The minimum Gasteiger partial charge on any atom is -0.476 e. The van der Waals surface area contributed by atoms with Gasteiger partial charge in [-0.2, -0.15) is 0 Å². The molecule has 0 radical (unpaired) electrons. The molecule has 1 aromatic carbocycles. The number of para-hydroxylation sites is 2. The maximum absolute atomic E-state index is 13.4. The van der Waals surface area contributed by atoms with Gasteiger partial charge in [0, 0.05) is 29.1 Å². The van der Waals surface area contributed by atoms with Crippen LogP contribution in [0.25, 0.3) is 11.0 Å². The van der Waals surface area contributed by atoms with Crippen LogP contribution in [-0.4, -0.2) is 43.1 Å². The first-order valence-corrected chi connectivity index (χ1v) is 13.0. The standard InChI is InChI=1S/C27H35N3O3/c1-26-15-16-27(26)21(17-22(27)30(26)18-11-7-5-3-2-4-6-8-12-18)29-20-14-10-9-13-19(20)28-23(24(29)31)25(32)33/h9-10,13-14,18,21-22H,2-8,11-12,15-17H2,1H3,(H,32,33)/t21-,22-,26-,27?/m1/s1. The maximum Gasteiger partial charge on any atom is 0.360 e. The molecule has 1 aromatic heterocycles. The summed E-state index contributed by atoms with van der Waals surface area (Å²) < 4.78 is 1.81. The van der Waals surface area contributed by atoms with Crippen LogP contribution in [0.3, 0.4) is 0 Å². The van der Waals surface area contributed by atoms with Crippen LogP contribution in [0.2, 0.25) is 0 Å². The van der Waals surface area contributed by atoms with Crippen molar-refractivity contribution >= 4 is 17.0 Å². The molecule has 1 spiro atoms. The number of likely N-dealkylation sites (tertiary alicyclic amines) is 1. The number of benzene rings is 1. The maximum atomic E-state index is 13.4. The Balaban J connectivity index is 1.35. The van der Waals surface area contributed by atoms with E-state index in [-0.39, 0.29) is 22.7 Å². The number of carboxylic acids is 1. The van der Waals surface area contributed by atoms with Gasteiger partial charge in [0.05, 0.1) is 11.0 Å². The molecular formula is C27H35N3O3. The van der Waals surface area contributed by atoms with Crippen LogP contribution in [0, 0.1) is 5.41 Å². The fourth-order valence-electron chi connectivity index (χ4n) is 8.19. The summed E-state index contributed by atoms with van der Waals surface area (Å²) in [7, 11) is 0. The summed E-state index contributed by atoms with van der Waals surface area (Å²) in [6, 6.07) is 8.77. The number of hydrogen-bond acceptors (Lipinski definition) is 4. The van der Waals surface area contributed by atoms with E-state index in [0.29, 0.717) is 17.6 Å². The van der Waals surface area contributed by atoms with Crippen molar-refractivity contribution in [3.05, 3.63) is 40.3 Å². The summed E-state index contributed by atoms with van der Waals surface area (Å²) in [4.78, 5) is 32.2. The number of aromatic nitrogens is 2. The van der Waals surface area contributed by atoms with Crippen molar-refractivity contribution in [2.24, 2.45) is 5.41 Å². The Kier molecular flexibility index (Phi) is 4.95. The van der Waals surface area contributed by atoms with E-state index in [2.05, 4.69) is 16.8 Å². The zero-order valence-electron chi connectivity index (χ0n) is 19.6. The summed E-state index contributed by atoms with van der Waals surface area (Å²) in [5, 5.41) is 9.66. The first-order chi connectivity index (χ1) is 16.0. The monoisotopic (exact) mass is 449 g/mol. The molecule has 4 atom stereocenters. The minimum absolute atomic E-state index is 0.0653. The summed E-state index contributed by atoms with van der Waals surface area (Å²) in [5.74, 6) is -1.24. The van der Waals surface area contributed by atoms with E-state index in [1.54, 1.807) is 0 Å². The van der Waals surface area contributed by atoms with E-state index in [9.17, 15) is 14.7 Å². The molecule has 6 rings (SSSR count). The zero-order chi connectivity index (χ0) is 22.8. The quantitative estimate of drug-likeness (QED) is 0.701. The van der Waals surface area contributed by atoms with Crippen molar-refractivity contribution in [3.63, 3.8) is 0 Å². The Hall–Kier alpha value is -2.21. The lowest BCUT2D eigenvalue weighted by Gasteiger charge is -2.86. The van der Waals surface area contributed by atoms with Crippen LogP contribution >= 0.6 is 0 Å². The summed E-state index contributed by atoms with van der Waals surface area (Å²) in [5.41, 5.74) is 0.813. The van der Waals surface area contributed by atoms with Crippen LogP contribution in [0.15, 0.2) is 29.1 Å². The molecule has 0 amide bonds. The molecule has 1 saturated heterocycles. The molecule has 3 aliphatic carbocycles. The number of carboxylic acid groups (broad SMARTS) is 1. The van der Waals surface area contributed by atoms with Gasteiger partial charge in [0.15, 0.2) is 0 Å². The molecule has 176 valence electrons. The lowest BCUT2D eigenvalue weighted by Crippen LogP contribution is -2.92. The number of rotatable bonds is 3. The number of carbonyl (C=O) groups is 1. The minimum atomic E-state index is -1.24. The average Bonchev–Trinajstić information content (AvgIpc) is 2.79. The molecule has 3 saturated carbocycles. The highest BCUT2D eigenvalue weighted by atomic mass is 16.4. The fraction of sp³-hybridized carbons (Fsp3) is 0.667. The van der Waals surface area contributed by atoms with Gasteiger partial charge in [-0.1, -0.05) is 57.1 Å². The van der Waals surface area contributed by atoms with Gasteiger partial charge in [-0.15, -0.1) is 0 Å². The van der Waals surface area contributed by atoms with Gasteiger partial charge < -0.3 is 9.67 Å². The normalized spacial score (nSPS) is 34.9. The van der Waals surface area contributed by atoms with E-state index >= 15 is 0 Å². The Labute approximate surface area is 195 Å². The molecule has 33 heavy (non-hydrogen) atoms. The SMILES string of the molecule is C[C@@]12CCC13[C@@H](C[C@H]3n1c(=O)c(C(=O)O)nc3ccccc31)N2C1CCCCCCCCC1. The van der Waals surface area contributed by atoms with Crippen LogP contribution in [0.5, 0.6) is 0 Å². The van der Waals surface area contributed by atoms with Crippen LogP contribution in [0.1, 0.15) is 101 Å². The van der Waals surface area contributed by atoms with Gasteiger partial charge in [0.25, 0.3) is 5.56 Å². The third kappa shape index (κ3) is 2.79. The smallest absolute Gasteiger partial charge is 0.360 e. The van der Waals surface area contributed by atoms with Gasteiger partial charge in [-0.3, -0.25) is 9.69 Å². The first kappa shape index (κ1) is 21.3. The molecule has 6 heteroatoms. The van der Waals surface area contributed by atoms with Gasteiger partial charge >= 0.3 is 5.97 Å². The van der Waals surface area contributed by atoms with E-state index in [0.717, 1.165) is 18.4 Å². The lowest BCUT2D eigenvalue weighted by atomic mass is 9.33. The second kappa shape index (κ2) is 7.66. The fourth-order valence-corrected chi connectivity index (χ4v) is 8.19. The van der Waals surface area contributed by atoms with Gasteiger partial charge in [0.2, 0.25) is 5.69 Å². The predicted octanol–water partition coefficient (Wildman–Crippen LogP) is 5.16. The number of fused-ring (bicyclic) bond motifs is 1. The predicted molar refractivity (Wildman–Crippen MR) is 128 cm³/mol. The summed E-state index contributed by atoms with van der Waals surface area (Å²) in [6.45, 7) is 2.42. The number of nitrogens with zero attached hydrogens (tertiary/aromatic N) is 3.